The first-order chi connectivity index (χ1) is 11.3. The van der Waals surface area contributed by atoms with Crippen molar-refractivity contribution in [2.75, 3.05) is 7.05 Å². The molecule has 0 aromatic heterocycles. The third-order valence-corrected chi connectivity index (χ3v) is 4.22. The summed E-state index contributed by atoms with van der Waals surface area (Å²) in [6, 6.07) is 26.2. The monoisotopic (exact) mass is 304 g/mol. The van der Waals surface area contributed by atoms with Gasteiger partial charge in [-0.3, -0.25) is 0 Å². The molecule has 0 saturated heterocycles. The molecule has 0 amide bonds. The van der Waals surface area contributed by atoms with Crippen LogP contribution in [0.3, 0.4) is 0 Å². The highest BCUT2D eigenvalue weighted by molar-refractivity contribution is 5.83. The van der Waals surface area contributed by atoms with Crippen molar-refractivity contribution >= 4 is 10.8 Å². The van der Waals surface area contributed by atoms with E-state index in [1.165, 1.54) is 21.9 Å². The maximum absolute atomic E-state index is 3.63. The summed E-state index contributed by atoms with van der Waals surface area (Å²) >= 11 is 0. The lowest BCUT2D eigenvalue weighted by molar-refractivity contribution is 0.186. The first kappa shape index (κ1) is 15.7. The van der Waals surface area contributed by atoms with Crippen molar-refractivity contribution in [2.24, 2.45) is 0 Å². The van der Waals surface area contributed by atoms with Crippen molar-refractivity contribution in [3.63, 3.8) is 0 Å². The summed E-state index contributed by atoms with van der Waals surface area (Å²) < 4.78 is 0. The average Bonchev–Trinajstić information content (AvgIpc) is 2.60. The Morgan fingerprint density at radius 1 is 0.870 bits per heavy atom. The Labute approximate surface area is 138 Å². The lowest BCUT2D eigenvalue weighted by atomic mass is 10.0. The van der Waals surface area contributed by atoms with E-state index >= 15 is 0 Å². The normalized spacial score (nSPS) is 12.7. The van der Waals surface area contributed by atoms with Crippen LogP contribution in [0.15, 0.2) is 72.8 Å². The van der Waals surface area contributed by atoms with E-state index in [0.717, 1.165) is 13.0 Å². The minimum atomic E-state index is 0.327. The molecule has 23 heavy (non-hydrogen) atoms. The Bertz CT molecular complexity index is 752. The van der Waals surface area contributed by atoms with Crippen LogP contribution in [0.2, 0.25) is 0 Å². The van der Waals surface area contributed by atoms with E-state index in [1.807, 2.05) is 0 Å². The van der Waals surface area contributed by atoms with Gasteiger partial charge in [0.05, 0.1) is 0 Å². The smallest absolute Gasteiger partial charge is 0.0462 e. The molecule has 118 valence electrons. The van der Waals surface area contributed by atoms with Crippen molar-refractivity contribution < 1.29 is 0 Å². The molecule has 0 radical (unpaired) electrons. The molecule has 0 saturated carbocycles. The van der Waals surface area contributed by atoms with Gasteiger partial charge in [-0.25, -0.2) is 10.4 Å². The summed E-state index contributed by atoms with van der Waals surface area (Å²) in [7, 11) is 2.11. The van der Waals surface area contributed by atoms with E-state index in [-0.39, 0.29) is 0 Å². The van der Waals surface area contributed by atoms with Crippen LogP contribution in [0.4, 0.5) is 0 Å². The van der Waals surface area contributed by atoms with Gasteiger partial charge in [0, 0.05) is 19.6 Å². The summed E-state index contributed by atoms with van der Waals surface area (Å²) in [4.78, 5) is 0. The third kappa shape index (κ3) is 3.98. The van der Waals surface area contributed by atoms with Crippen molar-refractivity contribution in [3.8, 4) is 0 Å². The molecular formula is C21H24N2. The predicted octanol–water partition coefficient (Wildman–Crippen LogP) is 4.93. The van der Waals surface area contributed by atoms with Gasteiger partial charge < -0.3 is 0 Å². The van der Waals surface area contributed by atoms with Gasteiger partial charge >= 0.3 is 0 Å². The largest absolute Gasteiger partial charge is 0.248 e. The Hall–Kier alpha value is -2.16. The molecule has 0 aliphatic rings. The van der Waals surface area contributed by atoms with Gasteiger partial charge in [0.1, 0.15) is 0 Å². The molecule has 1 N–H and O–H groups in total. The standard InChI is InChI=1S/C21H24N2/c1-3-21(22-23(2)16-17-9-5-4-6-10-17)20-14-13-18-11-7-8-12-19(18)15-20/h4-15,21-22H,3,16H2,1-2H3. The molecule has 2 heteroatoms. The van der Waals surface area contributed by atoms with Gasteiger partial charge in [-0.2, -0.15) is 0 Å². The van der Waals surface area contributed by atoms with Gasteiger partial charge in [-0.05, 0) is 34.4 Å². The van der Waals surface area contributed by atoms with Crippen LogP contribution >= 0.6 is 0 Å². The van der Waals surface area contributed by atoms with Crippen molar-refractivity contribution in [1.29, 1.82) is 0 Å². The highest BCUT2D eigenvalue weighted by Crippen LogP contribution is 2.22. The number of hydrogen-bond acceptors (Lipinski definition) is 2. The molecule has 1 atom stereocenters. The first-order valence-corrected chi connectivity index (χ1v) is 8.26. The van der Waals surface area contributed by atoms with E-state index in [9.17, 15) is 0 Å². The van der Waals surface area contributed by atoms with Crippen LogP contribution in [-0.2, 0) is 6.54 Å². The van der Waals surface area contributed by atoms with E-state index < -0.39 is 0 Å². The topological polar surface area (TPSA) is 15.3 Å². The van der Waals surface area contributed by atoms with E-state index in [2.05, 4.69) is 97.2 Å². The van der Waals surface area contributed by atoms with Crippen LogP contribution in [0, 0.1) is 0 Å². The van der Waals surface area contributed by atoms with Crippen LogP contribution in [0.5, 0.6) is 0 Å². The summed E-state index contributed by atoms with van der Waals surface area (Å²) in [5.74, 6) is 0. The summed E-state index contributed by atoms with van der Waals surface area (Å²) in [5.41, 5.74) is 6.28. The van der Waals surface area contributed by atoms with Crippen molar-refractivity contribution in [2.45, 2.75) is 25.9 Å². The minimum absolute atomic E-state index is 0.327. The molecule has 0 aliphatic carbocycles. The number of hydrazine groups is 1. The quantitative estimate of drug-likeness (QED) is 0.650. The van der Waals surface area contributed by atoms with Crippen molar-refractivity contribution in [3.05, 3.63) is 83.9 Å². The fourth-order valence-corrected chi connectivity index (χ4v) is 3.00. The SMILES string of the molecule is CCC(NN(C)Cc1ccccc1)c1ccc2ccccc2c1. The average molecular weight is 304 g/mol. The molecule has 1 unspecified atom stereocenters. The van der Waals surface area contributed by atoms with Gasteiger partial charge in [0.15, 0.2) is 0 Å². The lowest BCUT2D eigenvalue weighted by Crippen LogP contribution is -2.36. The van der Waals surface area contributed by atoms with Crippen LogP contribution in [0.1, 0.15) is 30.5 Å². The Morgan fingerprint density at radius 2 is 1.57 bits per heavy atom. The van der Waals surface area contributed by atoms with Crippen LogP contribution in [0.25, 0.3) is 10.8 Å². The molecule has 0 fully saturated rings. The fourth-order valence-electron chi connectivity index (χ4n) is 3.00. The minimum Gasteiger partial charge on any atom is -0.248 e. The molecule has 0 spiro atoms. The van der Waals surface area contributed by atoms with Gasteiger partial charge in [0.25, 0.3) is 0 Å². The van der Waals surface area contributed by atoms with Gasteiger partial charge in [-0.1, -0.05) is 73.7 Å². The van der Waals surface area contributed by atoms with Crippen molar-refractivity contribution in [1.82, 2.24) is 10.4 Å². The number of nitrogens with zero attached hydrogens (tertiary/aromatic N) is 1. The summed E-state index contributed by atoms with van der Waals surface area (Å²) in [5, 5.41) is 4.78. The second-order valence-corrected chi connectivity index (χ2v) is 6.04. The second kappa shape index (κ2) is 7.40. The van der Waals surface area contributed by atoms with Gasteiger partial charge in [-0.15, -0.1) is 0 Å². The highest BCUT2D eigenvalue weighted by atomic mass is 15.5. The third-order valence-electron chi connectivity index (χ3n) is 4.22. The van der Waals surface area contributed by atoms with Gasteiger partial charge in [0.2, 0.25) is 0 Å². The zero-order valence-electron chi connectivity index (χ0n) is 13.9. The molecule has 0 bridgehead atoms. The predicted molar refractivity (Wildman–Crippen MR) is 98.0 cm³/mol. The maximum Gasteiger partial charge on any atom is 0.0462 e. The zero-order valence-corrected chi connectivity index (χ0v) is 13.9. The molecule has 3 aromatic rings. The number of benzene rings is 3. The lowest BCUT2D eigenvalue weighted by Gasteiger charge is -2.26. The van der Waals surface area contributed by atoms with E-state index in [4.69, 9.17) is 0 Å². The summed E-state index contributed by atoms with van der Waals surface area (Å²) in [6.07, 6.45) is 1.05. The highest BCUT2D eigenvalue weighted by Gasteiger charge is 2.12. The molecule has 3 rings (SSSR count). The first-order valence-electron chi connectivity index (χ1n) is 8.26. The Kier molecular flexibility index (Phi) is 5.06. The molecule has 0 aliphatic heterocycles. The van der Waals surface area contributed by atoms with Crippen LogP contribution < -0.4 is 5.43 Å². The van der Waals surface area contributed by atoms with E-state index in [0.29, 0.717) is 6.04 Å². The maximum atomic E-state index is 3.63. The Morgan fingerprint density at radius 3 is 2.30 bits per heavy atom. The van der Waals surface area contributed by atoms with Crippen LogP contribution in [-0.4, -0.2) is 12.1 Å². The molecule has 2 nitrogen and oxygen atoms in total. The molecular weight excluding hydrogens is 280 g/mol. The van der Waals surface area contributed by atoms with E-state index in [1.54, 1.807) is 0 Å². The molecule has 3 aromatic carbocycles. The second-order valence-electron chi connectivity index (χ2n) is 6.04. The zero-order chi connectivity index (χ0) is 16.1. The number of nitrogens with one attached hydrogen (secondary N) is 1. The number of hydrogen-bond donors (Lipinski definition) is 1. The summed E-state index contributed by atoms with van der Waals surface area (Å²) in [6.45, 7) is 3.12. The molecule has 0 heterocycles. The number of rotatable bonds is 6. The number of fused-ring (bicyclic) bond motifs is 1. The Balaban J connectivity index is 1.73. The fraction of sp³-hybridized carbons (Fsp3) is 0.238.